The van der Waals surface area contributed by atoms with E-state index in [2.05, 4.69) is 0 Å². The Hall–Kier alpha value is -1.90. The number of Topliss-reactive ketones (excluding diaryl/α,β-unsaturated/α-hetero) is 1. The maximum atomic E-state index is 11.6. The molecule has 0 aliphatic rings. The van der Waals surface area contributed by atoms with Crippen molar-refractivity contribution in [1.29, 1.82) is 0 Å². The van der Waals surface area contributed by atoms with Gasteiger partial charge in [0.25, 0.3) is 0 Å². The molecule has 3 nitrogen and oxygen atoms in total. The number of carbonyl (C=O) groups excluding carboxylic acids is 1. The van der Waals surface area contributed by atoms with Crippen LogP contribution in [-0.2, 0) is 4.79 Å². The van der Waals surface area contributed by atoms with E-state index in [0.29, 0.717) is 12.0 Å². The van der Waals surface area contributed by atoms with E-state index in [9.17, 15) is 9.59 Å². The molecule has 0 spiro atoms. The smallest absolute Gasteiger partial charge is 0.328 e. The molecule has 0 heterocycles. The average Bonchev–Trinajstić information content (AvgIpc) is 2.27. The van der Waals surface area contributed by atoms with Crippen LogP contribution < -0.4 is 0 Å². The van der Waals surface area contributed by atoms with E-state index in [1.165, 1.54) is 6.08 Å². The van der Waals surface area contributed by atoms with Crippen LogP contribution in [0.5, 0.6) is 0 Å². The molecule has 0 aromatic heterocycles. The Labute approximate surface area is 94.4 Å². The summed E-state index contributed by atoms with van der Waals surface area (Å²) in [5.74, 6) is -0.904. The van der Waals surface area contributed by atoms with Crippen molar-refractivity contribution >= 4 is 17.8 Å². The van der Waals surface area contributed by atoms with Gasteiger partial charge in [-0.05, 0) is 24.1 Å². The van der Waals surface area contributed by atoms with Crippen molar-refractivity contribution in [3.63, 3.8) is 0 Å². The van der Waals surface area contributed by atoms with Gasteiger partial charge in [-0.3, -0.25) is 4.79 Å². The minimum Gasteiger partial charge on any atom is -0.478 e. The van der Waals surface area contributed by atoms with Gasteiger partial charge in [0.1, 0.15) is 0 Å². The standard InChI is InChI=1S/C13H14O3/c1-2-4-12(14)11-6-3-5-10(9-11)7-8-13(15)16/h3,5-9H,2,4H2,1H3,(H,15,16)/b8-7+. The summed E-state index contributed by atoms with van der Waals surface area (Å²) in [5.41, 5.74) is 1.36. The monoisotopic (exact) mass is 218 g/mol. The van der Waals surface area contributed by atoms with Crippen LogP contribution in [0.1, 0.15) is 35.7 Å². The highest BCUT2D eigenvalue weighted by Gasteiger charge is 2.03. The summed E-state index contributed by atoms with van der Waals surface area (Å²) in [6.07, 6.45) is 3.87. The van der Waals surface area contributed by atoms with Crippen LogP contribution in [0.15, 0.2) is 30.3 Å². The van der Waals surface area contributed by atoms with E-state index >= 15 is 0 Å². The zero-order valence-electron chi connectivity index (χ0n) is 9.14. The molecule has 0 amide bonds. The van der Waals surface area contributed by atoms with E-state index in [1.807, 2.05) is 6.92 Å². The fraction of sp³-hybridized carbons (Fsp3) is 0.231. The van der Waals surface area contributed by atoms with Crippen molar-refractivity contribution in [1.82, 2.24) is 0 Å². The molecule has 1 aromatic carbocycles. The predicted octanol–water partition coefficient (Wildman–Crippen LogP) is 2.77. The second-order valence-electron chi connectivity index (χ2n) is 3.47. The van der Waals surface area contributed by atoms with Gasteiger partial charge in [-0.1, -0.05) is 25.1 Å². The first-order valence-electron chi connectivity index (χ1n) is 5.17. The van der Waals surface area contributed by atoms with E-state index in [4.69, 9.17) is 5.11 Å². The Morgan fingerprint density at radius 3 is 2.75 bits per heavy atom. The molecule has 84 valence electrons. The Morgan fingerprint density at radius 2 is 2.12 bits per heavy atom. The number of ketones is 1. The van der Waals surface area contributed by atoms with Crippen LogP contribution in [0.25, 0.3) is 6.08 Å². The van der Waals surface area contributed by atoms with Gasteiger partial charge in [0.15, 0.2) is 5.78 Å². The Balaban J connectivity index is 2.86. The second-order valence-corrected chi connectivity index (χ2v) is 3.47. The van der Waals surface area contributed by atoms with E-state index in [-0.39, 0.29) is 5.78 Å². The number of benzene rings is 1. The van der Waals surface area contributed by atoms with Crippen LogP contribution in [-0.4, -0.2) is 16.9 Å². The lowest BCUT2D eigenvalue weighted by atomic mass is 10.0. The van der Waals surface area contributed by atoms with Gasteiger partial charge in [0.2, 0.25) is 0 Å². The van der Waals surface area contributed by atoms with Gasteiger partial charge < -0.3 is 5.11 Å². The molecule has 0 aliphatic carbocycles. The lowest BCUT2D eigenvalue weighted by Gasteiger charge is -2.00. The van der Waals surface area contributed by atoms with Gasteiger partial charge >= 0.3 is 5.97 Å². The summed E-state index contributed by atoms with van der Waals surface area (Å²) >= 11 is 0. The number of hydrogen-bond acceptors (Lipinski definition) is 2. The third-order valence-electron chi connectivity index (χ3n) is 2.10. The van der Waals surface area contributed by atoms with Gasteiger partial charge in [-0.15, -0.1) is 0 Å². The highest BCUT2D eigenvalue weighted by molar-refractivity contribution is 5.96. The number of hydrogen-bond donors (Lipinski definition) is 1. The Kier molecular flexibility index (Phi) is 4.45. The zero-order chi connectivity index (χ0) is 12.0. The van der Waals surface area contributed by atoms with Gasteiger partial charge in [0.05, 0.1) is 0 Å². The normalized spacial score (nSPS) is 10.6. The average molecular weight is 218 g/mol. The number of rotatable bonds is 5. The Bertz CT molecular complexity index is 419. The summed E-state index contributed by atoms with van der Waals surface area (Å²) in [6.45, 7) is 1.95. The van der Waals surface area contributed by atoms with E-state index in [1.54, 1.807) is 24.3 Å². The largest absolute Gasteiger partial charge is 0.478 e. The van der Waals surface area contributed by atoms with Crippen molar-refractivity contribution < 1.29 is 14.7 Å². The quantitative estimate of drug-likeness (QED) is 0.610. The molecular formula is C13H14O3. The van der Waals surface area contributed by atoms with E-state index < -0.39 is 5.97 Å². The molecule has 1 aromatic rings. The molecule has 1 rings (SSSR count). The van der Waals surface area contributed by atoms with Crippen LogP contribution in [0.2, 0.25) is 0 Å². The van der Waals surface area contributed by atoms with Crippen molar-refractivity contribution in [2.24, 2.45) is 0 Å². The number of carbonyl (C=O) groups is 2. The van der Waals surface area contributed by atoms with Crippen LogP contribution in [0.3, 0.4) is 0 Å². The second kappa shape index (κ2) is 5.85. The van der Waals surface area contributed by atoms with Crippen molar-refractivity contribution in [3.8, 4) is 0 Å². The molecule has 0 unspecified atom stereocenters. The van der Waals surface area contributed by atoms with Crippen LogP contribution in [0, 0.1) is 0 Å². The molecule has 1 N–H and O–H groups in total. The topological polar surface area (TPSA) is 54.4 Å². The Morgan fingerprint density at radius 1 is 1.38 bits per heavy atom. The summed E-state index contributed by atoms with van der Waals surface area (Å²) in [5, 5.41) is 8.48. The maximum absolute atomic E-state index is 11.6. The minimum absolute atomic E-state index is 0.0908. The van der Waals surface area contributed by atoms with Crippen molar-refractivity contribution in [2.45, 2.75) is 19.8 Å². The lowest BCUT2D eigenvalue weighted by molar-refractivity contribution is -0.131. The fourth-order valence-electron chi connectivity index (χ4n) is 1.35. The summed E-state index contributed by atoms with van der Waals surface area (Å²) in [4.78, 5) is 21.9. The summed E-state index contributed by atoms with van der Waals surface area (Å²) in [6, 6.07) is 6.97. The minimum atomic E-state index is -0.995. The SMILES string of the molecule is CCCC(=O)c1cccc(/C=C/C(=O)O)c1. The molecule has 0 atom stereocenters. The number of aliphatic carboxylic acids is 1. The first-order chi connectivity index (χ1) is 7.63. The van der Waals surface area contributed by atoms with Crippen LogP contribution >= 0.6 is 0 Å². The van der Waals surface area contributed by atoms with Crippen molar-refractivity contribution in [3.05, 3.63) is 41.5 Å². The fourth-order valence-corrected chi connectivity index (χ4v) is 1.35. The summed E-state index contributed by atoms with van der Waals surface area (Å²) in [7, 11) is 0. The third-order valence-corrected chi connectivity index (χ3v) is 2.10. The number of carboxylic acids is 1. The zero-order valence-corrected chi connectivity index (χ0v) is 9.14. The van der Waals surface area contributed by atoms with Gasteiger partial charge in [-0.2, -0.15) is 0 Å². The molecule has 0 bridgehead atoms. The third kappa shape index (κ3) is 3.69. The van der Waals surface area contributed by atoms with Crippen molar-refractivity contribution in [2.75, 3.05) is 0 Å². The van der Waals surface area contributed by atoms with E-state index in [0.717, 1.165) is 18.1 Å². The van der Waals surface area contributed by atoms with Gasteiger partial charge in [0, 0.05) is 18.1 Å². The highest BCUT2D eigenvalue weighted by atomic mass is 16.4. The van der Waals surface area contributed by atoms with Gasteiger partial charge in [-0.25, -0.2) is 4.79 Å². The van der Waals surface area contributed by atoms with Crippen LogP contribution in [0.4, 0.5) is 0 Å². The molecule has 0 fully saturated rings. The molecule has 0 aliphatic heterocycles. The molecule has 3 heteroatoms. The lowest BCUT2D eigenvalue weighted by Crippen LogP contribution is -1.98. The molecule has 0 saturated heterocycles. The molecular weight excluding hydrogens is 204 g/mol. The molecule has 0 saturated carbocycles. The first-order valence-corrected chi connectivity index (χ1v) is 5.17. The highest BCUT2D eigenvalue weighted by Crippen LogP contribution is 2.10. The molecule has 0 radical (unpaired) electrons. The number of carboxylic acid groups (broad SMARTS) is 1. The first kappa shape index (κ1) is 12.2. The molecule has 16 heavy (non-hydrogen) atoms. The maximum Gasteiger partial charge on any atom is 0.328 e. The predicted molar refractivity (Wildman–Crippen MR) is 62.4 cm³/mol. The summed E-state index contributed by atoms with van der Waals surface area (Å²) < 4.78 is 0.